The predicted octanol–water partition coefficient (Wildman–Crippen LogP) is 3.66. The second-order valence-electron chi connectivity index (χ2n) is 7.89. The Labute approximate surface area is 152 Å². The Balaban J connectivity index is 2.75. The van der Waals surface area contributed by atoms with Crippen molar-refractivity contribution in [3.63, 3.8) is 0 Å². The minimum atomic E-state index is -0.273. The molecule has 5 nitrogen and oxygen atoms in total. The molecule has 0 bridgehead atoms. The van der Waals surface area contributed by atoms with Gasteiger partial charge < -0.3 is 20.1 Å². The second kappa shape index (κ2) is 9.09. The number of hydrogen-bond acceptors (Lipinski definition) is 4. The summed E-state index contributed by atoms with van der Waals surface area (Å²) in [5, 5.41) is 6.41. The molecule has 0 atom stereocenters. The number of hydrogen-bond donors (Lipinski definition) is 2. The highest BCUT2D eigenvalue weighted by molar-refractivity contribution is 5.78. The highest BCUT2D eigenvalue weighted by Gasteiger charge is 2.16. The van der Waals surface area contributed by atoms with Crippen LogP contribution < -0.4 is 20.1 Å². The fraction of sp³-hybridized carbons (Fsp3) is 0.650. The lowest BCUT2D eigenvalue weighted by Gasteiger charge is -2.25. The SMILES string of the molecule is CCOc1cc(CNC(C)(C)CC)ccc1OCC(=O)NC(C)(C)C. The first kappa shape index (κ1) is 21.3. The van der Waals surface area contributed by atoms with Gasteiger partial charge in [0.2, 0.25) is 0 Å². The predicted molar refractivity (Wildman–Crippen MR) is 102 cm³/mol. The Hall–Kier alpha value is -1.75. The average Bonchev–Trinajstić information content (AvgIpc) is 2.51. The van der Waals surface area contributed by atoms with Gasteiger partial charge in [0, 0.05) is 17.6 Å². The molecule has 0 saturated carbocycles. The number of carbonyl (C=O) groups is 1. The van der Waals surface area contributed by atoms with Gasteiger partial charge in [-0.05, 0) is 65.7 Å². The van der Waals surface area contributed by atoms with E-state index in [0.717, 1.165) is 18.5 Å². The van der Waals surface area contributed by atoms with Crippen LogP contribution in [0.1, 0.15) is 60.5 Å². The molecule has 1 aromatic rings. The Morgan fingerprint density at radius 2 is 1.72 bits per heavy atom. The van der Waals surface area contributed by atoms with Crippen LogP contribution in [0.25, 0.3) is 0 Å². The van der Waals surface area contributed by atoms with Crippen LogP contribution in [-0.2, 0) is 11.3 Å². The molecular weight excluding hydrogens is 316 g/mol. The molecule has 0 aliphatic rings. The van der Waals surface area contributed by atoms with Crippen LogP contribution in [0.3, 0.4) is 0 Å². The Morgan fingerprint density at radius 1 is 1.04 bits per heavy atom. The Morgan fingerprint density at radius 3 is 2.28 bits per heavy atom. The third-order valence-corrected chi connectivity index (χ3v) is 3.84. The van der Waals surface area contributed by atoms with Crippen molar-refractivity contribution in [2.45, 2.75) is 72.5 Å². The number of ether oxygens (including phenoxy) is 2. The summed E-state index contributed by atoms with van der Waals surface area (Å²) in [5.41, 5.74) is 0.938. The molecule has 0 aliphatic carbocycles. The molecule has 1 amide bonds. The molecule has 25 heavy (non-hydrogen) atoms. The molecule has 142 valence electrons. The monoisotopic (exact) mass is 350 g/mol. The molecule has 0 saturated heterocycles. The standard InChI is InChI=1S/C20H34N2O3/c1-8-20(6,7)21-13-15-10-11-16(17(12-15)24-9-2)25-14-18(23)22-19(3,4)5/h10-12,21H,8-9,13-14H2,1-7H3,(H,22,23). The molecule has 5 heteroatoms. The van der Waals surface area contributed by atoms with Gasteiger partial charge in [-0.1, -0.05) is 13.0 Å². The molecule has 1 rings (SSSR count). The smallest absolute Gasteiger partial charge is 0.258 e. The summed E-state index contributed by atoms with van der Waals surface area (Å²) in [5.74, 6) is 1.11. The zero-order valence-electron chi connectivity index (χ0n) is 16.8. The quantitative estimate of drug-likeness (QED) is 0.714. The summed E-state index contributed by atoms with van der Waals surface area (Å²) in [7, 11) is 0. The molecule has 0 radical (unpaired) electrons. The molecule has 0 heterocycles. The largest absolute Gasteiger partial charge is 0.490 e. The average molecular weight is 351 g/mol. The van der Waals surface area contributed by atoms with Gasteiger partial charge in [0.1, 0.15) is 0 Å². The van der Waals surface area contributed by atoms with E-state index >= 15 is 0 Å². The number of rotatable bonds is 9. The van der Waals surface area contributed by atoms with Crippen molar-refractivity contribution in [1.29, 1.82) is 0 Å². The first-order chi connectivity index (χ1) is 11.6. The first-order valence-electron chi connectivity index (χ1n) is 9.01. The molecule has 0 aromatic heterocycles. The van der Waals surface area contributed by atoms with Crippen molar-refractivity contribution >= 4 is 5.91 Å². The molecule has 2 N–H and O–H groups in total. The molecule has 0 fully saturated rings. The fourth-order valence-electron chi connectivity index (χ4n) is 2.11. The lowest BCUT2D eigenvalue weighted by molar-refractivity contribution is -0.124. The second-order valence-corrected chi connectivity index (χ2v) is 7.89. The Bertz CT molecular complexity index is 563. The topological polar surface area (TPSA) is 59.6 Å². The van der Waals surface area contributed by atoms with Gasteiger partial charge >= 0.3 is 0 Å². The van der Waals surface area contributed by atoms with Gasteiger partial charge in [0.05, 0.1) is 6.61 Å². The first-order valence-corrected chi connectivity index (χ1v) is 9.01. The van der Waals surface area contributed by atoms with Crippen molar-refractivity contribution in [2.75, 3.05) is 13.2 Å². The van der Waals surface area contributed by atoms with Crippen LogP contribution in [0.15, 0.2) is 18.2 Å². The number of carbonyl (C=O) groups excluding carboxylic acids is 1. The maximum Gasteiger partial charge on any atom is 0.258 e. The highest BCUT2D eigenvalue weighted by atomic mass is 16.5. The third-order valence-electron chi connectivity index (χ3n) is 3.84. The van der Waals surface area contributed by atoms with E-state index < -0.39 is 0 Å². The molecule has 0 unspecified atom stereocenters. The molecule has 0 spiro atoms. The lowest BCUT2D eigenvalue weighted by Crippen LogP contribution is -2.43. The summed E-state index contributed by atoms with van der Waals surface area (Å²) in [6, 6.07) is 5.84. The van der Waals surface area contributed by atoms with Crippen LogP contribution in [-0.4, -0.2) is 30.2 Å². The van der Waals surface area contributed by atoms with E-state index in [1.54, 1.807) is 0 Å². The van der Waals surface area contributed by atoms with Crippen molar-refractivity contribution < 1.29 is 14.3 Å². The summed E-state index contributed by atoms with van der Waals surface area (Å²) in [6.07, 6.45) is 1.05. The van der Waals surface area contributed by atoms with Gasteiger partial charge in [-0.2, -0.15) is 0 Å². The van der Waals surface area contributed by atoms with Gasteiger partial charge in [-0.25, -0.2) is 0 Å². The molecular formula is C20H34N2O3. The third kappa shape index (κ3) is 8.25. The number of benzene rings is 1. The minimum Gasteiger partial charge on any atom is -0.490 e. The van der Waals surface area contributed by atoms with Crippen LogP contribution in [0, 0.1) is 0 Å². The summed E-state index contributed by atoms with van der Waals surface area (Å²) in [4.78, 5) is 11.9. The lowest BCUT2D eigenvalue weighted by atomic mass is 10.0. The van der Waals surface area contributed by atoms with E-state index in [-0.39, 0.29) is 23.6 Å². The molecule has 1 aromatic carbocycles. The molecule has 0 aliphatic heterocycles. The zero-order valence-corrected chi connectivity index (χ0v) is 16.8. The Kier molecular flexibility index (Phi) is 7.74. The maximum atomic E-state index is 11.9. The fourth-order valence-corrected chi connectivity index (χ4v) is 2.11. The normalized spacial score (nSPS) is 12.0. The number of amides is 1. The minimum absolute atomic E-state index is 0.0300. The van der Waals surface area contributed by atoms with E-state index in [4.69, 9.17) is 9.47 Å². The zero-order chi connectivity index (χ0) is 19.1. The van der Waals surface area contributed by atoms with E-state index in [9.17, 15) is 4.79 Å². The van der Waals surface area contributed by atoms with Gasteiger partial charge in [0.25, 0.3) is 5.91 Å². The van der Waals surface area contributed by atoms with Crippen LogP contribution in [0.4, 0.5) is 0 Å². The summed E-state index contributed by atoms with van der Waals surface area (Å²) < 4.78 is 11.3. The van der Waals surface area contributed by atoms with Gasteiger partial charge in [-0.3, -0.25) is 4.79 Å². The maximum absolute atomic E-state index is 11.9. The van der Waals surface area contributed by atoms with E-state index in [0.29, 0.717) is 18.1 Å². The van der Waals surface area contributed by atoms with Crippen LogP contribution >= 0.6 is 0 Å². The van der Waals surface area contributed by atoms with Crippen molar-refractivity contribution in [3.8, 4) is 11.5 Å². The van der Waals surface area contributed by atoms with Crippen LogP contribution in [0.5, 0.6) is 11.5 Å². The van der Waals surface area contributed by atoms with Crippen molar-refractivity contribution in [1.82, 2.24) is 10.6 Å². The van der Waals surface area contributed by atoms with Crippen LogP contribution in [0.2, 0.25) is 0 Å². The van der Waals surface area contributed by atoms with Crippen molar-refractivity contribution in [3.05, 3.63) is 23.8 Å². The van der Waals surface area contributed by atoms with Gasteiger partial charge in [0.15, 0.2) is 18.1 Å². The number of nitrogens with one attached hydrogen (secondary N) is 2. The van der Waals surface area contributed by atoms with Crippen molar-refractivity contribution in [2.24, 2.45) is 0 Å². The van der Waals surface area contributed by atoms with E-state index in [1.807, 2.05) is 45.9 Å². The highest BCUT2D eigenvalue weighted by Crippen LogP contribution is 2.28. The summed E-state index contributed by atoms with van der Waals surface area (Å²) >= 11 is 0. The van der Waals surface area contributed by atoms with E-state index in [1.165, 1.54) is 0 Å². The van der Waals surface area contributed by atoms with Gasteiger partial charge in [-0.15, -0.1) is 0 Å². The van der Waals surface area contributed by atoms with E-state index in [2.05, 4.69) is 31.4 Å². The summed E-state index contributed by atoms with van der Waals surface area (Å²) in [6.45, 7) is 15.6.